The van der Waals surface area contributed by atoms with E-state index >= 15 is 0 Å². The van der Waals surface area contributed by atoms with Gasteiger partial charge in [0.2, 0.25) is 0 Å². The van der Waals surface area contributed by atoms with Gasteiger partial charge in [0.05, 0.1) is 5.02 Å². The van der Waals surface area contributed by atoms with E-state index in [-0.39, 0.29) is 0 Å². The maximum Gasteiger partial charge on any atom is 0.0621 e. The Balaban J connectivity index is 2.11. The summed E-state index contributed by atoms with van der Waals surface area (Å²) in [5, 5.41) is 4.30. The topological polar surface area (TPSA) is 24.9 Å². The monoisotopic (exact) mass is 266 g/mol. The van der Waals surface area contributed by atoms with Crippen LogP contribution in [0.5, 0.6) is 0 Å². The van der Waals surface area contributed by atoms with Gasteiger partial charge >= 0.3 is 0 Å². The SMILES string of the molecule is CNC(Cc1ccncc1Cl)C1(C)CCCCC1. The van der Waals surface area contributed by atoms with Crippen LogP contribution in [-0.4, -0.2) is 18.1 Å². The number of nitrogens with zero attached hydrogens (tertiary/aromatic N) is 1. The lowest BCUT2D eigenvalue weighted by molar-refractivity contribution is 0.149. The van der Waals surface area contributed by atoms with E-state index in [0.717, 1.165) is 11.4 Å². The second-order valence-electron chi connectivity index (χ2n) is 5.73. The molecule has 18 heavy (non-hydrogen) atoms. The largest absolute Gasteiger partial charge is 0.316 e. The summed E-state index contributed by atoms with van der Waals surface area (Å²) in [6.07, 6.45) is 11.3. The fourth-order valence-electron chi connectivity index (χ4n) is 3.19. The van der Waals surface area contributed by atoms with Crippen LogP contribution in [0.25, 0.3) is 0 Å². The Kier molecular flexibility index (Phi) is 4.63. The average molecular weight is 267 g/mol. The Hall–Kier alpha value is -0.600. The van der Waals surface area contributed by atoms with E-state index in [1.807, 2.05) is 12.3 Å². The lowest BCUT2D eigenvalue weighted by atomic mass is 9.69. The van der Waals surface area contributed by atoms with Gasteiger partial charge in [-0.3, -0.25) is 4.98 Å². The van der Waals surface area contributed by atoms with E-state index in [2.05, 4.69) is 24.3 Å². The van der Waals surface area contributed by atoms with Crippen molar-refractivity contribution in [1.82, 2.24) is 10.3 Å². The third-order valence-electron chi connectivity index (χ3n) is 4.47. The number of halogens is 1. The molecule has 1 heterocycles. The van der Waals surface area contributed by atoms with E-state index in [4.69, 9.17) is 11.6 Å². The number of nitrogens with one attached hydrogen (secondary N) is 1. The minimum absolute atomic E-state index is 0.402. The fraction of sp³-hybridized carbons (Fsp3) is 0.667. The highest BCUT2D eigenvalue weighted by molar-refractivity contribution is 6.31. The summed E-state index contributed by atoms with van der Waals surface area (Å²) in [4.78, 5) is 4.06. The molecular weight excluding hydrogens is 244 g/mol. The maximum absolute atomic E-state index is 6.22. The predicted octanol–water partition coefficient (Wildman–Crippen LogP) is 3.84. The second-order valence-corrected chi connectivity index (χ2v) is 6.13. The molecule has 1 fully saturated rings. The van der Waals surface area contributed by atoms with Crippen molar-refractivity contribution in [2.24, 2.45) is 5.41 Å². The molecule has 3 heteroatoms. The van der Waals surface area contributed by atoms with Gasteiger partial charge in [-0.05, 0) is 43.4 Å². The van der Waals surface area contributed by atoms with Crippen LogP contribution in [0.4, 0.5) is 0 Å². The van der Waals surface area contributed by atoms with Crippen molar-refractivity contribution in [3.63, 3.8) is 0 Å². The molecule has 0 saturated heterocycles. The van der Waals surface area contributed by atoms with E-state index in [1.165, 1.54) is 37.7 Å². The van der Waals surface area contributed by atoms with Crippen LogP contribution < -0.4 is 5.32 Å². The molecule has 1 aromatic rings. The molecule has 0 aromatic carbocycles. The van der Waals surface area contributed by atoms with Gasteiger partial charge in [-0.25, -0.2) is 0 Å². The first-order valence-electron chi connectivity index (χ1n) is 6.91. The summed E-state index contributed by atoms with van der Waals surface area (Å²) in [5.74, 6) is 0. The summed E-state index contributed by atoms with van der Waals surface area (Å²) in [7, 11) is 2.07. The smallest absolute Gasteiger partial charge is 0.0621 e. The van der Waals surface area contributed by atoms with Crippen molar-refractivity contribution < 1.29 is 0 Å². The van der Waals surface area contributed by atoms with Crippen LogP contribution >= 0.6 is 11.6 Å². The molecule has 0 radical (unpaired) electrons. The molecule has 0 bridgehead atoms. The van der Waals surface area contributed by atoms with Crippen LogP contribution in [0.15, 0.2) is 18.5 Å². The van der Waals surface area contributed by atoms with Crippen molar-refractivity contribution in [3.8, 4) is 0 Å². The van der Waals surface area contributed by atoms with Crippen molar-refractivity contribution in [3.05, 3.63) is 29.0 Å². The molecule has 1 aliphatic rings. The third kappa shape index (κ3) is 3.04. The first kappa shape index (κ1) is 13.8. The summed E-state index contributed by atoms with van der Waals surface area (Å²) in [6, 6.07) is 2.54. The Labute approximate surface area is 115 Å². The first-order valence-corrected chi connectivity index (χ1v) is 7.29. The normalized spacial score (nSPS) is 20.6. The van der Waals surface area contributed by atoms with Gasteiger partial charge < -0.3 is 5.32 Å². The van der Waals surface area contributed by atoms with E-state index < -0.39 is 0 Å². The first-order chi connectivity index (χ1) is 8.65. The number of hydrogen-bond donors (Lipinski definition) is 1. The zero-order valence-electron chi connectivity index (χ0n) is 11.4. The highest BCUT2D eigenvalue weighted by Crippen LogP contribution is 2.40. The summed E-state index contributed by atoms with van der Waals surface area (Å²) >= 11 is 6.22. The molecule has 2 nitrogen and oxygen atoms in total. The minimum Gasteiger partial charge on any atom is -0.316 e. The van der Waals surface area contributed by atoms with Gasteiger partial charge in [0.1, 0.15) is 0 Å². The molecule has 1 atom stereocenters. The average Bonchev–Trinajstić information content (AvgIpc) is 2.38. The Morgan fingerprint density at radius 2 is 2.11 bits per heavy atom. The molecule has 2 rings (SSSR count). The predicted molar refractivity (Wildman–Crippen MR) is 77.0 cm³/mol. The van der Waals surface area contributed by atoms with Crippen LogP contribution in [0.3, 0.4) is 0 Å². The number of aromatic nitrogens is 1. The van der Waals surface area contributed by atoms with Gasteiger partial charge in [0, 0.05) is 18.4 Å². The number of pyridine rings is 1. The van der Waals surface area contributed by atoms with E-state index in [0.29, 0.717) is 11.5 Å². The summed E-state index contributed by atoms with van der Waals surface area (Å²) in [6.45, 7) is 2.42. The Bertz CT molecular complexity index is 386. The molecule has 1 aromatic heterocycles. The van der Waals surface area contributed by atoms with Crippen molar-refractivity contribution in [2.75, 3.05) is 7.05 Å². The zero-order chi connectivity index (χ0) is 13.0. The van der Waals surface area contributed by atoms with Gasteiger partial charge in [-0.1, -0.05) is 37.8 Å². The summed E-state index contributed by atoms with van der Waals surface area (Å²) in [5.41, 5.74) is 1.61. The lowest BCUT2D eigenvalue weighted by Gasteiger charge is -2.41. The molecule has 1 unspecified atom stereocenters. The van der Waals surface area contributed by atoms with Gasteiger partial charge in [-0.15, -0.1) is 0 Å². The number of likely N-dealkylation sites (N-methyl/N-ethyl adjacent to an activating group) is 1. The van der Waals surface area contributed by atoms with Crippen molar-refractivity contribution in [1.29, 1.82) is 0 Å². The quantitative estimate of drug-likeness (QED) is 0.896. The lowest BCUT2D eigenvalue weighted by Crippen LogP contribution is -2.44. The van der Waals surface area contributed by atoms with Crippen molar-refractivity contribution in [2.45, 2.75) is 51.5 Å². The van der Waals surface area contributed by atoms with Crippen LogP contribution in [0.2, 0.25) is 5.02 Å². The third-order valence-corrected chi connectivity index (χ3v) is 4.81. The molecule has 100 valence electrons. The zero-order valence-corrected chi connectivity index (χ0v) is 12.1. The highest BCUT2D eigenvalue weighted by Gasteiger charge is 2.34. The molecule has 1 aliphatic carbocycles. The molecule has 0 amide bonds. The van der Waals surface area contributed by atoms with Gasteiger partial charge in [0.15, 0.2) is 0 Å². The van der Waals surface area contributed by atoms with Crippen LogP contribution in [0, 0.1) is 5.41 Å². The van der Waals surface area contributed by atoms with Gasteiger partial charge in [-0.2, -0.15) is 0 Å². The molecule has 1 N–H and O–H groups in total. The Morgan fingerprint density at radius 3 is 2.72 bits per heavy atom. The van der Waals surface area contributed by atoms with Crippen molar-refractivity contribution >= 4 is 11.6 Å². The molecule has 1 saturated carbocycles. The number of rotatable bonds is 4. The minimum atomic E-state index is 0.402. The van der Waals surface area contributed by atoms with Crippen LogP contribution in [-0.2, 0) is 6.42 Å². The molecular formula is C15H23ClN2. The van der Waals surface area contributed by atoms with Gasteiger partial charge in [0.25, 0.3) is 0 Å². The highest BCUT2D eigenvalue weighted by atomic mass is 35.5. The van der Waals surface area contributed by atoms with E-state index in [1.54, 1.807) is 6.20 Å². The molecule has 0 aliphatic heterocycles. The number of hydrogen-bond acceptors (Lipinski definition) is 2. The van der Waals surface area contributed by atoms with E-state index in [9.17, 15) is 0 Å². The fourth-order valence-corrected chi connectivity index (χ4v) is 3.39. The van der Waals surface area contributed by atoms with Crippen LogP contribution in [0.1, 0.15) is 44.6 Å². The maximum atomic E-state index is 6.22. The summed E-state index contributed by atoms with van der Waals surface area (Å²) < 4.78 is 0. The Morgan fingerprint density at radius 1 is 1.39 bits per heavy atom. The standard InChI is InChI=1S/C15H23ClN2/c1-15(7-4-3-5-8-15)14(17-2)10-12-6-9-18-11-13(12)16/h6,9,11,14,17H,3-5,7-8,10H2,1-2H3. The molecule has 0 spiro atoms. The second kappa shape index (κ2) is 6.03.